The Balaban J connectivity index is 2.55. The number of halogens is 2. The summed E-state index contributed by atoms with van der Waals surface area (Å²) >= 11 is 5.59. The van der Waals surface area contributed by atoms with E-state index in [9.17, 15) is 4.39 Å². The minimum Gasteiger partial charge on any atom is -0.487 e. The first-order valence-corrected chi connectivity index (χ1v) is 4.31. The SMILES string of the molecule is N#CC1=Cc2cc(Cl)c(F)cc2OC1. The van der Waals surface area contributed by atoms with Gasteiger partial charge in [-0.2, -0.15) is 5.26 Å². The van der Waals surface area contributed by atoms with Crippen LogP contribution in [0.4, 0.5) is 4.39 Å². The molecule has 0 atom stereocenters. The molecule has 70 valence electrons. The lowest BCUT2D eigenvalue weighted by Crippen LogP contribution is -2.06. The van der Waals surface area contributed by atoms with Crippen LogP contribution in [-0.2, 0) is 0 Å². The van der Waals surface area contributed by atoms with E-state index in [0.29, 0.717) is 16.9 Å². The van der Waals surface area contributed by atoms with Crippen molar-refractivity contribution in [3.63, 3.8) is 0 Å². The van der Waals surface area contributed by atoms with Crippen molar-refractivity contribution < 1.29 is 9.13 Å². The highest BCUT2D eigenvalue weighted by Crippen LogP contribution is 2.30. The van der Waals surface area contributed by atoms with Gasteiger partial charge in [0.15, 0.2) is 0 Å². The van der Waals surface area contributed by atoms with Crippen LogP contribution in [0.2, 0.25) is 5.02 Å². The number of hydrogen-bond donors (Lipinski definition) is 0. The van der Waals surface area contributed by atoms with Crippen molar-refractivity contribution in [1.29, 1.82) is 5.26 Å². The van der Waals surface area contributed by atoms with Crippen LogP contribution in [0.3, 0.4) is 0 Å². The molecule has 1 aliphatic heterocycles. The van der Waals surface area contributed by atoms with Crippen LogP contribution in [0.15, 0.2) is 17.7 Å². The largest absolute Gasteiger partial charge is 0.487 e. The minimum absolute atomic E-state index is 0.0304. The molecule has 0 fully saturated rings. The summed E-state index contributed by atoms with van der Waals surface area (Å²) in [5.41, 5.74) is 1.14. The summed E-state index contributed by atoms with van der Waals surface area (Å²) in [7, 11) is 0. The number of hydrogen-bond acceptors (Lipinski definition) is 2. The van der Waals surface area contributed by atoms with E-state index in [1.165, 1.54) is 12.1 Å². The standard InChI is InChI=1S/C10H5ClFNO/c11-8-2-7-1-6(4-13)5-14-10(7)3-9(8)12/h1-3H,5H2. The number of rotatable bonds is 0. The first-order valence-electron chi connectivity index (χ1n) is 3.93. The molecule has 14 heavy (non-hydrogen) atoms. The quantitative estimate of drug-likeness (QED) is 0.658. The summed E-state index contributed by atoms with van der Waals surface area (Å²) in [5, 5.41) is 8.67. The first kappa shape index (κ1) is 9.04. The van der Waals surface area contributed by atoms with E-state index in [4.69, 9.17) is 21.6 Å². The molecule has 1 heterocycles. The zero-order valence-corrected chi connectivity index (χ0v) is 7.81. The summed E-state index contributed by atoms with van der Waals surface area (Å²) in [6.07, 6.45) is 1.64. The van der Waals surface area contributed by atoms with E-state index in [2.05, 4.69) is 0 Å². The second-order valence-electron chi connectivity index (χ2n) is 2.87. The van der Waals surface area contributed by atoms with Crippen LogP contribution in [0.1, 0.15) is 5.56 Å². The van der Waals surface area contributed by atoms with Gasteiger partial charge in [-0.1, -0.05) is 11.6 Å². The van der Waals surface area contributed by atoms with Crippen molar-refractivity contribution in [2.75, 3.05) is 6.61 Å². The van der Waals surface area contributed by atoms with E-state index >= 15 is 0 Å². The Morgan fingerprint density at radius 3 is 3.00 bits per heavy atom. The monoisotopic (exact) mass is 209 g/mol. The second kappa shape index (κ2) is 3.32. The smallest absolute Gasteiger partial charge is 0.145 e. The van der Waals surface area contributed by atoms with E-state index < -0.39 is 5.82 Å². The number of ether oxygens (including phenoxy) is 1. The van der Waals surface area contributed by atoms with Crippen molar-refractivity contribution in [3.8, 4) is 11.8 Å². The Kier molecular flexibility index (Phi) is 2.14. The summed E-state index contributed by atoms with van der Waals surface area (Å²) < 4.78 is 18.2. The average Bonchev–Trinajstić information content (AvgIpc) is 2.19. The second-order valence-corrected chi connectivity index (χ2v) is 3.28. The lowest BCUT2D eigenvalue weighted by Gasteiger charge is -2.14. The molecule has 0 unspecified atom stereocenters. The first-order chi connectivity index (χ1) is 6.70. The molecule has 2 rings (SSSR count). The van der Waals surface area contributed by atoms with Crippen LogP contribution in [0.5, 0.6) is 5.75 Å². The summed E-state index contributed by atoms with van der Waals surface area (Å²) in [6, 6.07) is 4.65. The van der Waals surface area contributed by atoms with Crippen molar-refractivity contribution in [1.82, 2.24) is 0 Å². The minimum atomic E-state index is -0.515. The third kappa shape index (κ3) is 1.45. The number of nitrogens with zero attached hydrogens (tertiary/aromatic N) is 1. The molecule has 1 aromatic carbocycles. The van der Waals surface area contributed by atoms with Crippen LogP contribution < -0.4 is 4.74 Å². The highest BCUT2D eigenvalue weighted by molar-refractivity contribution is 6.30. The molecular weight excluding hydrogens is 205 g/mol. The highest BCUT2D eigenvalue weighted by Gasteiger charge is 2.13. The number of nitriles is 1. The lowest BCUT2D eigenvalue weighted by molar-refractivity contribution is 0.349. The molecule has 0 aromatic heterocycles. The van der Waals surface area contributed by atoms with Gasteiger partial charge in [-0.05, 0) is 12.1 Å². The third-order valence-electron chi connectivity index (χ3n) is 1.91. The summed E-state index contributed by atoms with van der Waals surface area (Å²) in [5.74, 6) is -0.0925. The molecule has 0 bridgehead atoms. The van der Waals surface area contributed by atoms with E-state index in [-0.39, 0.29) is 11.6 Å². The van der Waals surface area contributed by atoms with Crippen molar-refractivity contribution >= 4 is 17.7 Å². The fourth-order valence-corrected chi connectivity index (χ4v) is 1.40. The van der Waals surface area contributed by atoms with E-state index in [1.807, 2.05) is 6.07 Å². The molecule has 0 radical (unpaired) electrons. The van der Waals surface area contributed by atoms with Gasteiger partial charge in [0.1, 0.15) is 18.2 Å². The molecule has 0 N–H and O–H groups in total. The van der Waals surface area contributed by atoms with Crippen LogP contribution in [0.25, 0.3) is 6.08 Å². The molecule has 1 aliphatic rings. The van der Waals surface area contributed by atoms with Gasteiger partial charge >= 0.3 is 0 Å². The average molecular weight is 210 g/mol. The molecule has 2 nitrogen and oxygen atoms in total. The Labute approximate surface area is 85.2 Å². The van der Waals surface area contributed by atoms with Gasteiger partial charge in [-0.25, -0.2) is 4.39 Å². The van der Waals surface area contributed by atoms with Crippen molar-refractivity contribution in [2.24, 2.45) is 0 Å². The molecular formula is C10H5ClFNO. The number of benzene rings is 1. The topological polar surface area (TPSA) is 33.0 Å². The Morgan fingerprint density at radius 1 is 1.50 bits per heavy atom. The number of fused-ring (bicyclic) bond motifs is 1. The maximum absolute atomic E-state index is 13.0. The van der Waals surface area contributed by atoms with E-state index in [0.717, 1.165) is 0 Å². The fourth-order valence-electron chi connectivity index (χ4n) is 1.23. The van der Waals surface area contributed by atoms with Gasteiger partial charge in [0.2, 0.25) is 0 Å². The highest BCUT2D eigenvalue weighted by atomic mass is 35.5. The molecule has 0 spiro atoms. The van der Waals surface area contributed by atoms with Gasteiger partial charge in [-0.3, -0.25) is 0 Å². The normalized spacial score (nSPS) is 13.6. The zero-order chi connectivity index (χ0) is 10.1. The molecule has 0 saturated carbocycles. The van der Waals surface area contributed by atoms with Crippen LogP contribution in [0, 0.1) is 17.1 Å². The van der Waals surface area contributed by atoms with Crippen LogP contribution >= 0.6 is 11.6 Å². The molecule has 0 saturated heterocycles. The van der Waals surface area contributed by atoms with Gasteiger partial charge in [0.05, 0.1) is 16.7 Å². The van der Waals surface area contributed by atoms with Crippen LogP contribution in [-0.4, -0.2) is 6.61 Å². The summed E-state index contributed by atoms with van der Waals surface area (Å²) in [4.78, 5) is 0. The van der Waals surface area contributed by atoms with Crippen molar-refractivity contribution in [2.45, 2.75) is 0 Å². The maximum atomic E-state index is 13.0. The molecule has 0 aliphatic carbocycles. The molecule has 4 heteroatoms. The van der Waals surface area contributed by atoms with Gasteiger partial charge in [0, 0.05) is 11.6 Å². The lowest BCUT2D eigenvalue weighted by atomic mass is 10.1. The van der Waals surface area contributed by atoms with Gasteiger partial charge in [-0.15, -0.1) is 0 Å². The predicted octanol–water partition coefficient (Wildman–Crippen LogP) is 2.78. The predicted molar refractivity (Wildman–Crippen MR) is 50.5 cm³/mol. The zero-order valence-electron chi connectivity index (χ0n) is 7.05. The van der Waals surface area contributed by atoms with Gasteiger partial charge in [0.25, 0.3) is 0 Å². The molecule has 1 aromatic rings. The maximum Gasteiger partial charge on any atom is 0.145 e. The summed E-state index contributed by atoms with van der Waals surface area (Å²) in [6.45, 7) is 0.185. The van der Waals surface area contributed by atoms with Crippen molar-refractivity contribution in [3.05, 3.63) is 34.1 Å². The fraction of sp³-hybridized carbons (Fsp3) is 0.100. The Morgan fingerprint density at radius 2 is 2.29 bits per heavy atom. The molecule has 0 amide bonds. The van der Waals surface area contributed by atoms with E-state index in [1.54, 1.807) is 6.08 Å². The Bertz CT molecular complexity index is 462. The Hall–Kier alpha value is -1.53. The van der Waals surface area contributed by atoms with Gasteiger partial charge < -0.3 is 4.74 Å². The third-order valence-corrected chi connectivity index (χ3v) is 2.20.